The Balaban J connectivity index is 1.60. The molecule has 3 aromatic carbocycles. The first-order chi connectivity index (χ1) is 14.5. The molecule has 1 aromatic heterocycles. The molecule has 1 amide bonds. The van der Waals surface area contributed by atoms with Crippen LogP contribution in [0.3, 0.4) is 0 Å². The number of anilines is 1. The lowest BCUT2D eigenvalue weighted by molar-refractivity contribution is 0.102. The number of hydrogen-bond donors (Lipinski definition) is 2. The number of H-pyrrole nitrogens is 1. The summed E-state index contributed by atoms with van der Waals surface area (Å²) in [4.78, 5) is 28.5. The van der Waals surface area contributed by atoms with Crippen LogP contribution < -0.4 is 10.9 Å². The van der Waals surface area contributed by atoms with E-state index in [1.165, 1.54) is 28.8 Å². The summed E-state index contributed by atoms with van der Waals surface area (Å²) in [7, 11) is 0. The molecule has 0 unspecified atom stereocenters. The van der Waals surface area contributed by atoms with Gasteiger partial charge in [0.1, 0.15) is 5.82 Å². The average molecular weight is 419 g/mol. The summed E-state index contributed by atoms with van der Waals surface area (Å²) >= 11 is 5.38. The number of amides is 1. The van der Waals surface area contributed by atoms with Gasteiger partial charge in [0, 0.05) is 17.8 Å². The summed E-state index contributed by atoms with van der Waals surface area (Å²) in [5.74, 6) is -0.745. The van der Waals surface area contributed by atoms with Crippen LogP contribution in [0.2, 0.25) is 0 Å². The number of benzene rings is 3. The summed E-state index contributed by atoms with van der Waals surface area (Å²) in [6.07, 6.45) is 0.682. The number of carbonyl (C=O) groups excluding carboxylic acids is 1. The summed E-state index contributed by atoms with van der Waals surface area (Å²) in [6.45, 7) is 0.459. The van der Waals surface area contributed by atoms with Crippen LogP contribution in [0, 0.1) is 10.6 Å². The van der Waals surface area contributed by atoms with Gasteiger partial charge in [-0.25, -0.2) is 4.39 Å². The van der Waals surface area contributed by atoms with Crippen molar-refractivity contribution in [2.75, 3.05) is 5.32 Å². The van der Waals surface area contributed by atoms with Crippen molar-refractivity contribution in [3.8, 4) is 0 Å². The van der Waals surface area contributed by atoms with Crippen LogP contribution in [0.4, 0.5) is 10.1 Å². The molecule has 0 radical (unpaired) electrons. The summed E-state index contributed by atoms with van der Waals surface area (Å²) in [6, 6.07) is 20.2. The van der Waals surface area contributed by atoms with Crippen molar-refractivity contribution >= 4 is 34.7 Å². The van der Waals surface area contributed by atoms with Crippen LogP contribution in [-0.2, 0) is 13.0 Å². The minimum absolute atomic E-state index is 0.199. The topological polar surface area (TPSA) is 66.9 Å². The Morgan fingerprint density at radius 1 is 1.03 bits per heavy atom. The number of halogens is 1. The number of fused-ring (bicyclic) bond motifs is 1. The van der Waals surface area contributed by atoms with Gasteiger partial charge in [0.25, 0.3) is 11.5 Å². The Labute approximate surface area is 176 Å². The second-order valence-electron chi connectivity index (χ2n) is 6.84. The first kappa shape index (κ1) is 19.7. The number of nitrogens with one attached hydrogen (secondary N) is 2. The van der Waals surface area contributed by atoms with Gasteiger partial charge in [-0.3, -0.25) is 14.2 Å². The molecule has 1 heterocycles. The molecule has 4 rings (SSSR count). The van der Waals surface area contributed by atoms with Gasteiger partial charge in [-0.1, -0.05) is 30.3 Å². The fourth-order valence-electron chi connectivity index (χ4n) is 3.22. The van der Waals surface area contributed by atoms with Crippen molar-refractivity contribution in [2.45, 2.75) is 13.0 Å². The number of aromatic amines is 1. The van der Waals surface area contributed by atoms with Gasteiger partial charge in [0.2, 0.25) is 0 Å². The molecule has 0 fully saturated rings. The fourth-order valence-corrected chi connectivity index (χ4v) is 3.51. The van der Waals surface area contributed by atoms with E-state index in [-0.39, 0.29) is 17.3 Å². The maximum absolute atomic E-state index is 13.0. The maximum atomic E-state index is 13.0. The zero-order valence-corrected chi connectivity index (χ0v) is 16.7. The lowest BCUT2D eigenvalue weighted by Gasteiger charge is -2.10. The van der Waals surface area contributed by atoms with Crippen LogP contribution >= 0.6 is 12.2 Å². The molecule has 7 heteroatoms. The first-order valence-electron chi connectivity index (χ1n) is 9.39. The standard InChI is InChI=1S/C23H18FN3O2S/c24-17-7-9-18(10-8-17)25-21(28)16-6-11-19-20(14-16)26-23(30)27(22(19)29)13-12-15-4-2-1-3-5-15/h1-11,14H,12-13H2,(H,25,28)(H,26,30). The molecular weight excluding hydrogens is 401 g/mol. The highest BCUT2D eigenvalue weighted by Gasteiger charge is 2.11. The van der Waals surface area contributed by atoms with Gasteiger partial charge in [0.15, 0.2) is 4.77 Å². The Hall–Kier alpha value is -3.58. The minimum Gasteiger partial charge on any atom is -0.332 e. The van der Waals surface area contributed by atoms with Crippen molar-refractivity contribution in [1.29, 1.82) is 0 Å². The normalized spacial score (nSPS) is 10.8. The highest BCUT2D eigenvalue weighted by molar-refractivity contribution is 7.71. The van der Waals surface area contributed by atoms with Crippen LogP contribution in [0.25, 0.3) is 10.9 Å². The van der Waals surface area contributed by atoms with Crippen LogP contribution in [-0.4, -0.2) is 15.5 Å². The first-order valence-corrected chi connectivity index (χ1v) is 9.80. The van der Waals surface area contributed by atoms with E-state index in [2.05, 4.69) is 10.3 Å². The van der Waals surface area contributed by atoms with E-state index in [4.69, 9.17) is 12.2 Å². The molecule has 0 bridgehead atoms. The second kappa shape index (κ2) is 8.42. The van der Waals surface area contributed by atoms with Crippen LogP contribution in [0.15, 0.2) is 77.6 Å². The lowest BCUT2D eigenvalue weighted by Crippen LogP contribution is -2.23. The zero-order valence-electron chi connectivity index (χ0n) is 15.9. The number of rotatable bonds is 5. The molecule has 0 saturated heterocycles. The molecule has 0 aliphatic carbocycles. The molecule has 5 nitrogen and oxygen atoms in total. The molecule has 0 atom stereocenters. The Bertz CT molecular complexity index is 1330. The maximum Gasteiger partial charge on any atom is 0.262 e. The van der Waals surface area contributed by atoms with E-state index in [0.717, 1.165) is 5.56 Å². The van der Waals surface area contributed by atoms with Gasteiger partial charge in [-0.05, 0) is 66.7 Å². The third-order valence-electron chi connectivity index (χ3n) is 4.81. The van der Waals surface area contributed by atoms with E-state index < -0.39 is 0 Å². The lowest BCUT2D eigenvalue weighted by atomic mass is 10.1. The van der Waals surface area contributed by atoms with Crippen LogP contribution in [0.1, 0.15) is 15.9 Å². The zero-order chi connectivity index (χ0) is 21.1. The predicted molar refractivity (Wildman–Crippen MR) is 118 cm³/mol. The van der Waals surface area contributed by atoms with Crippen molar-refractivity contribution in [1.82, 2.24) is 9.55 Å². The van der Waals surface area contributed by atoms with E-state index in [9.17, 15) is 14.0 Å². The van der Waals surface area contributed by atoms with Gasteiger partial charge >= 0.3 is 0 Å². The number of aromatic nitrogens is 2. The largest absolute Gasteiger partial charge is 0.332 e. The minimum atomic E-state index is -0.380. The van der Waals surface area contributed by atoms with Gasteiger partial charge < -0.3 is 10.3 Å². The number of carbonyl (C=O) groups is 1. The average Bonchev–Trinajstić information content (AvgIpc) is 2.75. The summed E-state index contributed by atoms with van der Waals surface area (Å²) in [5, 5.41) is 3.15. The van der Waals surface area contributed by atoms with Crippen molar-refractivity contribution < 1.29 is 9.18 Å². The Morgan fingerprint density at radius 3 is 2.50 bits per heavy atom. The molecule has 0 aliphatic rings. The van der Waals surface area contributed by atoms with Crippen molar-refractivity contribution in [3.63, 3.8) is 0 Å². The second-order valence-corrected chi connectivity index (χ2v) is 7.23. The van der Waals surface area contributed by atoms with Gasteiger partial charge in [-0.2, -0.15) is 0 Å². The molecule has 30 heavy (non-hydrogen) atoms. The Morgan fingerprint density at radius 2 is 1.77 bits per heavy atom. The van der Waals surface area contributed by atoms with Gasteiger partial charge in [-0.15, -0.1) is 0 Å². The fraction of sp³-hybridized carbons (Fsp3) is 0.0870. The quantitative estimate of drug-likeness (QED) is 0.461. The van der Waals surface area contributed by atoms with Crippen LogP contribution in [0.5, 0.6) is 0 Å². The van der Waals surface area contributed by atoms with Crippen molar-refractivity contribution in [3.05, 3.63) is 105 Å². The smallest absolute Gasteiger partial charge is 0.262 e. The molecule has 2 N–H and O–H groups in total. The highest BCUT2D eigenvalue weighted by Crippen LogP contribution is 2.14. The summed E-state index contributed by atoms with van der Waals surface area (Å²) < 4.78 is 14.9. The van der Waals surface area contributed by atoms with E-state index in [0.29, 0.717) is 39.9 Å². The third kappa shape index (κ3) is 4.21. The molecule has 0 aliphatic heterocycles. The molecule has 150 valence electrons. The molecule has 0 saturated carbocycles. The molecule has 0 spiro atoms. The SMILES string of the molecule is O=C(Nc1ccc(F)cc1)c1ccc2c(=O)n(CCc3ccccc3)c(=S)[nH]c2c1. The molecular formula is C23H18FN3O2S. The number of nitrogens with zero attached hydrogens (tertiary/aromatic N) is 1. The van der Waals surface area contributed by atoms with Gasteiger partial charge in [0.05, 0.1) is 10.9 Å². The molecule has 4 aromatic rings. The monoisotopic (exact) mass is 419 g/mol. The number of hydrogen-bond acceptors (Lipinski definition) is 3. The number of aryl methyl sites for hydroxylation is 1. The predicted octanol–water partition coefficient (Wildman–Crippen LogP) is 4.69. The van der Waals surface area contributed by atoms with E-state index in [1.54, 1.807) is 18.2 Å². The Kier molecular flexibility index (Phi) is 5.54. The van der Waals surface area contributed by atoms with E-state index >= 15 is 0 Å². The van der Waals surface area contributed by atoms with Crippen molar-refractivity contribution in [2.24, 2.45) is 0 Å². The summed E-state index contributed by atoms with van der Waals surface area (Å²) in [5.41, 5.74) is 2.25. The highest BCUT2D eigenvalue weighted by atomic mass is 32.1. The van der Waals surface area contributed by atoms with E-state index in [1.807, 2.05) is 30.3 Å². The third-order valence-corrected chi connectivity index (χ3v) is 5.14.